The minimum atomic E-state index is -0.339. The first kappa shape index (κ1) is 15.0. The number of nitrogen functional groups attached to an aromatic ring is 1. The Bertz CT molecular complexity index is 565. The van der Waals surface area contributed by atoms with E-state index >= 15 is 0 Å². The Kier molecular flexibility index (Phi) is 3.89. The lowest BCUT2D eigenvalue weighted by Gasteiger charge is -2.41. The van der Waals surface area contributed by atoms with E-state index in [-0.39, 0.29) is 11.5 Å². The SMILES string of the molecule is CC1(C)CN(CC(=O)NC2CCCC2)c2c(N)cccc2O1. The first-order chi connectivity index (χ1) is 10.4. The van der Waals surface area contributed by atoms with E-state index in [1.165, 1.54) is 12.8 Å². The first-order valence-electron chi connectivity index (χ1n) is 8.06. The fourth-order valence-electron chi connectivity index (χ4n) is 3.48. The molecule has 0 atom stereocenters. The van der Waals surface area contributed by atoms with Crippen LogP contribution in [0.1, 0.15) is 39.5 Å². The van der Waals surface area contributed by atoms with Crippen molar-refractivity contribution in [3.63, 3.8) is 0 Å². The van der Waals surface area contributed by atoms with Crippen LogP contribution in [0.4, 0.5) is 11.4 Å². The highest BCUT2D eigenvalue weighted by molar-refractivity contribution is 5.85. The smallest absolute Gasteiger partial charge is 0.239 e. The summed E-state index contributed by atoms with van der Waals surface area (Å²) in [6, 6.07) is 5.98. The van der Waals surface area contributed by atoms with Gasteiger partial charge in [-0.05, 0) is 38.8 Å². The normalized spacial score (nSPS) is 20.4. The number of carbonyl (C=O) groups is 1. The number of ether oxygens (including phenoxy) is 1. The summed E-state index contributed by atoms with van der Waals surface area (Å²) in [7, 11) is 0. The average Bonchev–Trinajstić information content (AvgIpc) is 2.89. The number of rotatable bonds is 3. The van der Waals surface area contributed by atoms with Crippen molar-refractivity contribution in [2.45, 2.75) is 51.2 Å². The fraction of sp³-hybridized carbons (Fsp3) is 0.588. The van der Waals surface area contributed by atoms with Gasteiger partial charge in [0.1, 0.15) is 17.0 Å². The number of fused-ring (bicyclic) bond motifs is 1. The van der Waals surface area contributed by atoms with Crippen molar-refractivity contribution in [1.82, 2.24) is 5.32 Å². The zero-order valence-electron chi connectivity index (χ0n) is 13.4. The zero-order valence-corrected chi connectivity index (χ0v) is 13.4. The summed E-state index contributed by atoms with van der Waals surface area (Å²) in [5.41, 5.74) is 7.26. The molecule has 0 radical (unpaired) electrons. The Labute approximate surface area is 131 Å². The van der Waals surface area contributed by atoms with Crippen LogP contribution in [-0.4, -0.2) is 30.6 Å². The molecular formula is C17H25N3O2. The molecule has 1 aromatic rings. The Balaban J connectivity index is 1.76. The second-order valence-corrected chi connectivity index (χ2v) is 6.96. The van der Waals surface area contributed by atoms with E-state index < -0.39 is 0 Å². The summed E-state index contributed by atoms with van der Waals surface area (Å²) in [4.78, 5) is 14.4. The maximum absolute atomic E-state index is 12.4. The topological polar surface area (TPSA) is 67.6 Å². The Morgan fingerprint density at radius 1 is 1.41 bits per heavy atom. The number of benzene rings is 1. The lowest BCUT2D eigenvalue weighted by molar-refractivity contribution is -0.120. The summed E-state index contributed by atoms with van der Waals surface area (Å²) < 4.78 is 5.99. The monoisotopic (exact) mass is 303 g/mol. The molecule has 3 N–H and O–H groups in total. The predicted molar refractivity (Wildman–Crippen MR) is 88.2 cm³/mol. The third-order valence-corrected chi connectivity index (χ3v) is 4.36. The molecule has 0 unspecified atom stereocenters. The van der Waals surface area contributed by atoms with E-state index in [2.05, 4.69) is 5.32 Å². The molecule has 1 aliphatic carbocycles. The quantitative estimate of drug-likeness (QED) is 0.841. The molecule has 0 spiro atoms. The number of hydrogen-bond donors (Lipinski definition) is 2. The van der Waals surface area contributed by atoms with E-state index in [9.17, 15) is 4.79 Å². The van der Waals surface area contributed by atoms with Gasteiger partial charge in [0.05, 0.1) is 18.8 Å². The number of para-hydroxylation sites is 1. The van der Waals surface area contributed by atoms with Gasteiger partial charge in [0.2, 0.25) is 5.91 Å². The second-order valence-electron chi connectivity index (χ2n) is 6.96. The molecule has 1 saturated carbocycles. The van der Waals surface area contributed by atoms with Crippen LogP contribution in [0.15, 0.2) is 18.2 Å². The second kappa shape index (κ2) is 5.71. The van der Waals surface area contributed by atoms with Gasteiger partial charge in [0.15, 0.2) is 0 Å². The predicted octanol–water partition coefficient (Wildman–Crippen LogP) is 2.30. The van der Waals surface area contributed by atoms with E-state index in [4.69, 9.17) is 10.5 Å². The van der Waals surface area contributed by atoms with Gasteiger partial charge in [0, 0.05) is 6.04 Å². The number of nitrogens with two attached hydrogens (primary N) is 1. The molecular weight excluding hydrogens is 278 g/mol. The lowest BCUT2D eigenvalue weighted by atomic mass is 10.0. The van der Waals surface area contributed by atoms with Gasteiger partial charge in [-0.15, -0.1) is 0 Å². The average molecular weight is 303 g/mol. The minimum Gasteiger partial charge on any atom is -0.484 e. The van der Waals surface area contributed by atoms with E-state index in [0.29, 0.717) is 24.8 Å². The summed E-state index contributed by atoms with van der Waals surface area (Å²) in [6.07, 6.45) is 4.62. The molecule has 1 aliphatic heterocycles. The van der Waals surface area contributed by atoms with Gasteiger partial charge < -0.3 is 20.7 Å². The highest BCUT2D eigenvalue weighted by Gasteiger charge is 2.34. The van der Waals surface area contributed by atoms with Crippen molar-refractivity contribution in [3.8, 4) is 5.75 Å². The molecule has 1 heterocycles. The summed E-state index contributed by atoms with van der Waals surface area (Å²) in [5.74, 6) is 0.823. The number of nitrogens with one attached hydrogen (secondary N) is 1. The molecule has 3 rings (SSSR count). The van der Waals surface area contributed by atoms with Crippen LogP contribution in [-0.2, 0) is 4.79 Å². The highest BCUT2D eigenvalue weighted by atomic mass is 16.5. The standard InChI is InChI=1S/C17H25N3O2/c1-17(2)11-20(10-15(21)19-12-6-3-4-7-12)16-13(18)8-5-9-14(16)22-17/h5,8-9,12H,3-4,6-7,10-11,18H2,1-2H3,(H,19,21). The third kappa shape index (κ3) is 3.13. The van der Waals surface area contributed by atoms with Crippen molar-refractivity contribution in [3.05, 3.63) is 18.2 Å². The van der Waals surface area contributed by atoms with Crippen LogP contribution in [0.3, 0.4) is 0 Å². The van der Waals surface area contributed by atoms with Gasteiger partial charge in [-0.25, -0.2) is 0 Å². The molecule has 0 aromatic heterocycles. The molecule has 2 aliphatic rings. The molecule has 1 aromatic carbocycles. The number of carbonyl (C=O) groups excluding carboxylic acids is 1. The van der Waals surface area contributed by atoms with Gasteiger partial charge in [-0.2, -0.15) is 0 Å². The first-order valence-corrected chi connectivity index (χ1v) is 8.06. The van der Waals surface area contributed by atoms with Gasteiger partial charge in [-0.1, -0.05) is 18.9 Å². The largest absolute Gasteiger partial charge is 0.484 e. The van der Waals surface area contributed by atoms with Gasteiger partial charge >= 0.3 is 0 Å². The van der Waals surface area contributed by atoms with Crippen LogP contribution in [0.5, 0.6) is 5.75 Å². The number of amides is 1. The summed E-state index contributed by atoms with van der Waals surface area (Å²) >= 11 is 0. The lowest BCUT2D eigenvalue weighted by Crippen LogP contribution is -2.51. The zero-order chi connectivity index (χ0) is 15.7. The van der Waals surface area contributed by atoms with Gasteiger partial charge in [0.25, 0.3) is 0 Å². The van der Waals surface area contributed by atoms with Crippen molar-refractivity contribution >= 4 is 17.3 Å². The third-order valence-electron chi connectivity index (χ3n) is 4.36. The molecule has 1 amide bonds. The van der Waals surface area contributed by atoms with Crippen molar-refractivity contribution in [1.29, 1.82) is 0 Å². The molecule has 22 heavy (non-hydrogen) atoms. The van der Waals surface area contributed by atoms with Crippen molar-refractivity contribution < 1.29 is 9.53 Å². The van der Waals surface area contributed by atoms with Crippen LogP contribution >= 0.6 is 0 Å². The molecule has 120 valence electrons. The number of hydrogen-bond acceptors (Lipinski definition) is 4. The molecule has 5 heteroatoms. The fourth-order valence-corrected chi connectivity index (χ4v) is 3.48. The van der Waals surface area contributed by atoms with Crippen LogP contribution in [0.2, 0.25) is 0 Å². The summed E-state index contributed by atoms with van der Waals surface area (Å²) in [6.45, 7) is 5.03. The van der Waals surface area contributed by atoms with Gasteiger partial charge in [-0.3, -0.25) is 4.79 Å². The number of nitrogens with zero attached hydrogens (tertiary/aromatic N) is 1. The Morgan fingerprint density at radius 2 is 2.14 bits per heavy atom. The van der Waals surface area contributed by atoms with Crippen LogP contribution < -0.4 is 20.7 Å². The highest BCUT2D eigenvalue weighted by Crippen LogP contribution is 2.40. The number of anilines is 2. The molecule has 0 saturated heterocycles. The van der Waals surface area contributed by atoms with Crippen molar-refractivity contribution in [2.24, 2.45) is 0 Å². The van der Waals surface area contributed by atoms with E-state index in [1.54, 1.807) is 0 Å². The maximum atomic E-state index is 12.4. The molecule has 0 bridgehead atoms. The summed E-state index contributed by atoms with van der Waals surface area (Å²) in [5, 5.41) is 3.14. The maximum Gasteiger partial charge on any atom is 0.239 e. The van der Waals surface area contributed by atoms with Crippen molar-refractivity contribution in [2.75, 3.05) is 23.7 Å². The van der Waals surface area contributed by atoms with E-state index in [0.717, 1.165) is 24.3 Å². The Hall–Kier alpha value is -1.91. The molecule has 5 nitrogen and oxygen atoms in total. The molecule has 1 fully saturated rings. The minimum absolute atomic E-state index is 0.0683. The van der Waals surface area contributed by atoms with E-state index in [1.807, 2.05) is 36.9 Å². The Morgan fingerprint density at radius 3 is 2.86 bits per heavy atom. The van der Waals surface area contributed by atoms with Crippen LogP contribution in [0, 0.1) is 0 Å². The van der Waals surface area contributed by atoms with Crippen LogP contribution in [0.25, 0.3) is 0 Å².